The molecule has 0 saturated carbocycles. The average Bonchev–Trinajstić information content (AvgIpc) is 2.26. The maximum Gasteiger partial charge on any atom is 0.0431 e. The van der Waals surface area contributed by atoms with Crippen LogP contribution < -0.4 is 0 Å². The third-order valence-electron chi connectivity index (χ3n) is 2.29. The summed E-state index contributed by atoms with van der Waals surface area (Å²) in [6.07, 6.45) is 13.2. The van der Waals surface area contributed by atoms with Gasteiger partial charge in [0.2, 0.25) is 0 Å². The first-order valence-corrected chi connectivity index (χ1v) is 6.09. The number of rotatable bonds is 8. The largest absolute Gasteiger partial charge is 0.396 e. The van der Waals surface area contributed by atoms with Gasteiger partial charge in [-0.25, -0.2) is 0 Å². The zero-order valence-electron chi connectivity index (χ0n) is 9.97. The van der Waals surface area contributed by atoms with E-state index in [0.717, 1.165) is 19.3 Å². The van der Waals surface area contributed by atoms with Crippen LogP contribution in [0.3, 0.4) is 0 Å². The first-order valence-electron chi connectivity index (χ1n) is 6.09. The summed E-state index contributed by atoms with van der Waals surface area (Å²) >= 11 is 0. The van der Waals surface area contributed by atoms with Crippen molar-refractivity contribution >= 4 is 0 Å². The molecule has 1 N–H and O–H groups in total. The lowest BCUT2D eigenvalue weighted by Crippen LogP contribution is -1.83. The van der Waals surface area contributed by atoms with E-state index in [1.54, 1.807) is 0 Å². The molecule has 0 unspecified atom stereocenters. The Morgan fingerprint density at radius 2 is 1.60 bits per heavy atom. The van der Waals surface area contributed by atoms with E-state index in [0.29, 0.717) is 6.61 Å². The fraction of sp³-hybridized carbons (Fsp3) is 0.714. The maximum atomic E-state index is 8.59. The fourth-order valence-corrected chi connectivity index (χ4v) is 1.37. The Bertz CT molecular complexity index is 195. The number of unbranched alkanes of at least 4 members (excludes halogenated alkanes) is 6. The van der Waals surface area contributed by atoms with Gasteiger partial charge in [0, 0.05) is 19.4 Å². The van der Waals surface area contributed by atoms with Gasteiger partial charge in [0.05, 0.1) is 0 Å². The van der Waals surface area contributed by atoms with Crippen molar-refractivity contribution in [1.82, 2.24) is 0 Å². The first-order chi connectivity index (χ1) is 7.41. The summed E-state index contributed by atoms with van der Waals surface area (Å²) in [5, 5.41) is 8.59. The molecule has 1 nitrogen and oxygen atoms in total. The smallest absolute Gasteiger partial charge is 0.0431 e. The van der Waals surface area contributed by atoms with E-state index in [9.17, 15) is 0 Å². The minimum Gasteiger partial charge on any atom is -0.396 e. The average molecular weight is 208 g/mol. The van der Waals surface area contributed by atoms with Gasteiger partial charge in [0.15, 0.2) is 0 Å². The van der Waals surface area contributed by atoms with Crippen LogP contribution in [0.1, 0.15) is 58.3 Å². The van der Waals surface area contributed by atoms with E-state index < -0.39 is 0 Å². The van der Waals surface area contributed by atoms with Crippen molar-refractivity contribution in [3.05, 3.63) is 12.2 Å². The molecule has 0 saturated heterocycles. The van der Waals surface area contributed by atoms with Crippen LogP contribution in [-0.2, 0) is 0 Å². The molecule has 0 spiro atoms. The molecular weight excluding hydrogens is 184 g/mol. The molecule has 0 aromatic carbocycles. The molecule has 0 aromatic rings. The topological polar surface area (TPSA) is 20.2 Å². The molecule has 0 aromatic heterocycles. The summed E-state index contributed by atoms with van der Waals surface area (Å²) in [6, 6.07) is 0. The van der Waals surface area contributed by atoms with E-state index in [2.05, 4.69) is 17.9 Å². The molecule has 15 heavy (non-hydrogen) atoms. The summed E-state index contributed by atoms with van der Waals surface area (Å²) in [5.74, 6) is 6.31. The molecule has 86 valence electrons. The summed E-state index contributed by atoms with van der Waals surface area (Å²) in [7, 11) is 0. The predicted octanol–water partition coefficient (Wildman–Crippen LogP) is 3.68. The van der Waals surface area contributed by atoms with Gasteiger partial charge in [0.25, 0.3) is 0 Å². The zero-order valence-corrected chi connectivity index (χ0v) is 9.97. The zero-order chi connectivity index (χ0) is 11.2. The van der Waals surface area contributed by atoms with E-state index >= 15 is 0 Å². The van der Waals surface area contributed by atoms with Crippen LogP contribution in [0, 0.1) is 11.8 Å². The Kier molecular flexibility index (Phi) is 12.6. The number of allylic oxidation sites excluding steroid dienone is 2. The Hall–Kier alpha value is -0.740. The van der Waals surface area contributed by atoms with Crippen molar-refractivity contribution in [3.63, 3.8) is 0 Å². The lowest BCUT2D eigenvalue weighted by molar-refractivity contribution is 0.282. The molecule has 0 rings (SSSR count). The Balaban J connectivity index is 3.06. The summed E-state index contributed by atoms with van der Waals surface area (Å²) < 4.78 is 0. The van der Waals surface area contributed by atoms with Gasteiger partial charge in [0.1, 0.15) is 0 Å². The van der Waals surface area contributed by atoms with Crippen LogP contribution in [0.4, 0.5) is 0 Å². The van der Waals surface area contributed by atoms with Gasteiger partial charge in [-0.1, -0.05) is 43.8 Å². The molecule has 0 radical (unpaired) electrons. The molecule has 0 heterocycles. The SMILES string of the molecule is CC=CCC#CCCCCCCCCO. The molecule has 0 bridgehead atoms. The Morgan fingerprint density at radius 1 is 0.933 bits per heavy atom. The second-order valence-corrected chi connectivity index (χ2v) is 3.72. The van der Waals surface area contributed by atoms with Crippen molar-refractivity contribution < 1.29 is 5.11 Å². The van der Waals surface area contributed by atoms with Crippen LogP contribution in [0.25, 0.3) is 0 Å². The van der Waals surface area contributed by atoms with Crippen molar-refractivity contribution in [1.29, 1.82) is 0 Å². The van der Waals surface area contributed by atoms with E-state index in [1.165, 1.54) is 32.1 Å². The van der Waals surface area contributed by atoms with Crippen LogP contribution in [0.15, 0.2) is 12.2 Å². The number of aliphatic hydroxyl groups excluding tert-OH is 1. The highest BCUT2D eigenvalue weighted by molar-refractivity contribution is 5.03. The molecule has 0 atom stereocenters. The maximum absolute atomic E-state index is 8.59. The van der Waals surface area contributed by atoms with E-state index in [4.69, 9.17) is 5.11 Å². The lowest BCUT2D eigenvalue weighted by Gasteiger charge is -1.97. The summed E-state index contributed by atoms with van der Waals surface area (Å²) in [6.45, 7) is 2.37. The lowest BCUT2D eigenvalue weighted by atomic mass is 10.1. The van der Waals surface area contributed by atoms with Gasteiger partial charge in [-0.05, 0) is 19.8 Å². The number of aliphatic hydroxyl groups is 1. The van der Waals surface area contributed by atoms with Crippen molar-refractivity contribution in [2.75, 3.05) is 6.61 Å². The van der Waals surface area contributed by atoms with Gasteiger partial charge < -0.3 is 5.11 Å². The predicted molar refractivity (Wildman–Crippen MR) is 66.6 cm³/mol. The highest BCUT2D eigenvalue weighted by Gasteiger charge is 1.89. The van der Waals surface area contributed by atoms with E-state index in [-0.39, 0.29) is 0 Å². The molecule has 1 heteroatoms. The van der Waals surface area contributed by atoms with Crippen LogP contribution in [-0.4, -0.2) is 11.7 Å². The minimum absolute atomic E-state index is 0.344. The Morgan fingerprint density at radius 3 is 2.27 bits per heavy atom. The van der Waals surface area contributed by atoms with Crippen molar-refractivity contribution in [3.8, 4) is 11.8 Å². The quantitative estimate of drug-likeness (QED) is 0.366. The molecular formula is C14H24O. The second-order valence-electron chi connectivity index (χ2n) is 3.72. The van der Waals surface area contributed by atoms with Crippen LogP contribution >= 0.6 is 0 Å². The van der Waals surface area contributed by atoms with Gasteiger partial charge >= 0.3 is 0 Å². The standard InChI is InChI=1S/C14H24O/c1-2-3-4-5-6-7-8-9-10-11-12-13-14-15/h2-3,15H,4,7-14H2,1H3. The van der Waals surface area contributed by atoms with Gasteiger partial charge in [-0.3, -0.25) is 0 Å². The summed E-state index contributed by atoms with van der Waals surface area (Å²) in [5.41, 5.74) is 0. The van der Waals surface area contributed by atoms with Crippen LogP contribution in [0.2, 0.25) is 0 Å². The molecule has 0 aliphatic heterocycles. The number of hydrogen-bond donors (Lipinski definition) is 1. The monoisotopic (exact) mass is 208 g/mol. The number of hydrogen-bond acceptors (Lipinski definition) is 1. The van der Waals surface area contributed by atoms with E-state index in [1.807, 2.05) is 13.0 Å². The molecule has 0 amide bonds. The molecule has 0 fully saturated rings. The third kappa shape index (κ3) is 13.3. The molecule has 0 aliphatic rings. The second kappa shape index (κ2) is 13.3. The van der Waals surface area contributed by atoms with Gasteiger partial charge in [-0.15, -0.1) is 5.92 Å². The van der Waals surface area contributed by atoms with Crippen LogP contribution in [0.5, 0.6) is 0 Å². The van der Waals surface area contributed by atoms with Gasteiger partial charge in [-0.2, -0.15) is 0 Å². The minimum atomic E-state index is 0.344. The third-order valence-corrected chi connectivity index (χ3v) is 2.29. The fourth-order valence-electron chi connectivity index (χ4n) is 1.37. The normalized spacial score (nSPS) is 10.3. The first kappa shape index (κ1) is 14.3. The highest BCUT2D eigenvalue weighted by atomic mass is 16.2. The van der Waals surface area contributed by atoms with Crippen molar-refractivity contribution in [2.24, 2.45) is 0 Å². The molecule has 0 aliphatic carbocycles. The highest BCUT2D eigenvalue weighted by Crippen LogP contribution is 2.06. The summed E-state index contributed by atoms with van der Waals surface area (Å²) in [4.78, 5) is 0. The Labute approximate surface area is 94.6 Å². The van der Waals surface area contributed by atoms with Crippen molar-refractivity contribution in [2.45, 2.75) is 58.3 Å².